The molecule has 0 spiro atoms. The summed E-state index contributed by atoms with van der Waals surface area (Å²) < 4.78 is 30.2. The van der Waals surface area contributed by atoms with Gasteiger partial charge in [-0.25, -0.2) is 13.4 Å². The largest absolute Gasteiger partial charge is 0.480 e. The normalized spacial score (nSPS) is 24.2. The number of hydrogen-bond donors (Lipinski definition) is 2. The lowest BCUT2D eigenvalue weighted by atomic mass is 10.1. The second-order valence-electron chi connectivity index (χ2n) is 6.97. The van der Waals surface area contributed by atoms with E-state index in [1.54, 1.807) is 30.1 Å². The Hall–Kier alpha value is -2.49. The van der Waals surface area contributed by atoms with Crippen molar-refractivity contribution in [3.05, 3.63) is 66.2 Å². The third-order valence-corrected chi connectivity index (χ3v) is 8.29. The van der Waals surface area contributed by atoms with Crippen LogP contribution < -0.4 is 4.72 Å². The highest BCUT2D eigenvalue weighted by molar-refractivity contribution is 7.91. The standard InChI is InChI=1S/C19H19N3O4S2/c1-12-10-22(11-20-12)15-8-9-16(27-15)28(25,26)21-19(18(23)24)13(2)17(19)14-6-4-3-5-7-14/h3-11,13,17,21H,1-2H3,(H,23,24)/t13?,17?,19-/m0/s1. The van der Waals surface area contributed by atoms with E-state index >= 15 is 0 Å². The molecule has 28 heavy (non-hydrogen) atoms. The number of carbonyl (C=O) groups is 1. The summed E-state index contributed by atoms with van der Waals surface area (Å²) in [6, 6.07) is 12.3. The molecule has 1 aliphatic rings. The predicted molar refractivity (Wildman–Crippen MR) is 105 cm³/mol. The smallest absolute Gasteiger partial charge is 0.325 e. The first-order chi connectivity index (χ1) is 13.3. The lowest BCUT2D eigenvalue weighted by Gasteiger charge is -2.15. The third-order valence-electron chi connectivity index (χ3n) is 5.21. The summed E-state index contributed by atoms with van der Waals surface area (Å²) in [5.41, 5.74) is 0.0785. The number of aromatic nitrogens is 2. The minimum atomic E-state index is -4.00. The number of nitrogens with one attached hydrogen (secondary N) is 1. The van der Waals surface area contributed by atoms with Crippen LogP contribution in [0.25, 0.3) is 5.00 Å². The maximum atomic E-state index is 13.0. The van der Waals surface area contributed by atoms with Crippen LogP contribution in [0.5, 0.6) is 0 Å². The molecule has 1 aromatic carbocycles. The molecule has 1 fully saturated rings. The number of aryl methyl sites for hydroxylation is 1. The van der Waals surface area contributed by atoms with Crippen LogP contribution in [0.15, 0.2) is 59.2 Å². The van der Waals surface area contributed by atoms with Crippen molar-refractivity contribution in [1.29, 1.82) is 0 Å². The van der Waals surface area contributed by atoms with Crippen LogP contribution >= 0.6 is 11.3 Å². The van der Waals surface area contributed by atoms with Crippen molar-refractivity contribution < 1.29 is 18.3 Å². The van der Waals surface area contributed by atoms with E-state index in [0.29, 0.717) is 5.00 Å². The van der Waals surface area contributed by atoms with E-state index in [0.717, 1.165) is 22.6 Å². The number of rotatable bonds is 6. The van der Waals surface area contributed by atoms with Crippen LogP contribution in [0.4, 0.5) is 0 Å². The molecular formula is C19H19N3O4S2. The number of carboxylic acid groups (broad SMARTS) is 1. The molecule has 1 saturated carbocycles. The van der Waals surface area contributed by atoms with Crippen molar-refractivity contribution in [3.8, 4) is 5.00 Å². The Bertz CT molecular complexity index is 1140. The van der Waals surface area contributed by atoms with Gasteiger partial charge in [0.1, 0.15) is 21.1 Å². The molecule has 2 aromatic heterocycles. The summed E-state index contributed by atoms with van der Waals surface area (Å²) in [4.78, 5) is 16.2. The van der Waals surface area contributed by atoms with Crippen LogP contribution in [0.1, 0.15) is 24.1 Å². The van der Waals surface area contributed by atoms with Gasteiger partial charge in [0.2, 0.25) is 0 Å². The lowest BCUT2D eigenvalue weighted by molar-refractivity contribution is -0.140. The number of benzene rings is 1. The maximum absolute atomic E-state index is 13.0. The Morgan fingerprint density at radius 2 is 1.96 bits per heavy atom. The molecular weight excluding hydrogens is 398 g/mol. The van der Waals surface area contributed by atoms with Gasteiger partial charge in [-0.15, -0.1) is 11.3 Å². The minimum Gasteiger partial charge on any atom is -0.480 e. The maximum Gasteiger partial charge on any atom is 0.325 e. The Balaban J connectivity index is 1.65. The monoisotopic (exact) mass is 417 g/mol. The molecule has 0 amide bonds. The van der Waals surface area contributed by atoms with Crippen molar-refractivity contribution in [3.63, 3.8) is 0 Å². The molecule has 0 saturated heterocycles. The average molecular weight is 418 g/mol. The highest BCUT2D eigenvalue weighted by atomic mass is 32.2. The third kappa shape index (κ3) is 2.95. The first-order valence-electron chi connectivity index (χ1n) is 8.69. The molecule has 2 N–H and O–H groups in total. The van der Waals surface area contributed by atoms with E-state index in [2.05, 4.69) is 9.71 Å². The Kier molecular flexibility index (Phi) is 4.40. The topological polar surface area (TPSA) is 101 Å². The van der Waals surface area contributed by atoms with Gasteiger partial charge >= 0.3 is 5.97 Å². The molecule has 4 rings (SSSR count). The fourth-order valence-electron chi connectivity index (χ4n) is 3.71. The fraction of sp³-hybridized carbons (Fsp3) is 0.263. The van der Waals surface area contributed by atoms with Crippen LogP contribution in [0.3, 0.4) is 0 Å². The van der Waals surface area contributed by atoms with Gasteiger partial charge in [0.05, 0.1) is 5.69 Å². The fourth-order valence-corrected chi connectivity index (χ4v) is 6.40. The molecule has 1 aliphatic carbocycles. The quantitative estimate of drug-likeness (QED) is 0.642. The van der Waals surface area contributed by atoms with E-state index in [9.17, 15) is 18.3 Å². The molecule has 7 nitrogen and oxygen atoms in total. The van der Waals surface area contributed by atoms with Crippen LogP contribution in [-0.4, -0.2) is 34.6 Å². The summed E-state index contributed by atoms with van der Waals surface area (Å²) in [5.74, 6) is -1.95. The number of sulfonamides is 1. The number of aliphatic carboxylic acids is 1. The molecule has 9 heteroatoms. The highest BCUT2D eigenvalue weighted by Gasteiger charge is 2.70. The van der Waals surface area contributed by atoms with Gasteiger partial charge in [0.15, 0.2) is 0 Å². The Labute approximate surface area is 166 Å². The Morgan fingerprint density at radius 3 is 2.57 bits per heavy atom. The lowest BCUT2D eigenvalue weighted by Crippen LogP contribution is -2.45. The summed E-state index contributed by atoms with van der Waals surface area (Å²) in [6.07, 6.45) is 3.40. The number of imidazole rings is 1. The van der Waals surface area contributed by atoms with E-state index in [4.69, 9.17) is 0 Å². The SMILES string of the molecule is Cc1cn(-c2ccc(S(=O)(=O)N[C@@]3(C(=O)O)C(C)C3c3ccccc3)s2)cn1. The summed E-state index contributed by atoms with van der Waals surface area (Å²) in [6.45, 7) is 3.60. The van der Waals surface area contributed by atoms with Crippen molar-refractivity contribution >= 4 is 27.3 Å². The molecule has 2 unspecified atom stereocenters. The molecule has 0 bridgehead atoms. The Morgan fingerprint density at radius 1 is 1.25 bits per heavy atom. The van der Waals surface area contributed by atoms with Gasteiger partial charge < -0.3 is 5.11 Å². The van der Waals surface area contributed by atoms with E-state index in [-0.39, 0.29) is 10.1 Å². The van der Waals surface area contributed by atoms with Gasteiger partial charge in [-0.3, -0.25) is 9.36 Å². The zero-order valence-corrected chi connectivity index (χ0v) is 16.9. The van der Waals surface area contributed by atoms with Crippen molar-refractivity contribution in [1.82, 2.24) is 14.3 Å². The van der Waals surface area contributed by atoms with Crippen LogP contribution in [0, 0.1) is 12.8 Å². The second-order valence-corrected chi connectivity index (χ2v) is 9.94. The van der Waals surface area contributed by atoms with Crippen LogP contribution in [-0.2, 0) is 14.8 Å². The first-order valence-corrected chi connectivity index (χ1v) is 11.0. The second kappa shape index (κ2) is 6.54. The zero-order chi connectivity index (χ0) is 20.1. The van der Waals surface area contributed by atoms with E-state index in [1.807, 2.05) is 37.3 Å². The molecule has 0 aliphatic heterocycles. The number of carboxylic acids is 1. The van der Waals surface area contributed by atoms with Crippen molar-refractivity contribution in [2.24, 2.45) is 5.92 Å². The molecule has 3 atom stereocenters. The highest BCUT2D eigenvalue weighted by Crippen LogP contribution is 2.58. The predicted octanol–water partition coefficient (Wildman–Crippen LogP) is 2.78. The van der Waals surface area contributed by atoms with E-state index in [1.165, 1.54) is 6.07 Å². The summed E-state index contributed by atoms with van der Waals surface area (Å²) in [7, 11) is -4.00. The first kappa shape index (κ1) is 18.9. The summed E-state index contributed by atoms with van der Waals surface area (Å²) in [5, 5.41) is 10.6. The molecule has 2 heterocycles. The average Bonchev–Trinajstić information content (AvgIpc) is 3.06. The van der Waals surface area contributed by atoms with Gasteiger partial charge in [-0.1, -0.05) is 37.3 Å². The minimum absolute atomic E-state index is 0.0698. The number of hydrogen-bond acceptors (Lipinski definition) is 5. The van der Waals surface area contributed by atoms with Gasteiger partial charge in [-0.05, 0) is 30.5 Å². The van der Waals surface area contributed by atoms with E-state index < -0.39 is 27.4 Å². The van der Waals surface area contributed by atoms with Crippen molar-refractivity contribution in [2.45, 2.75) is 29.5 Å². The summed E-state index contributed by atoms with van der Waals surface area (Å²) >= 11 is 1.06. The van der Waals surface area contributed by atoms with Gasteiger partial charge in [0, 0.05) is 12.1 Å². The van der Waals surface area contributed by atoms with Gasteiger partial charge in [0.25, 0.3) is 10.0 Å². The molecule has 0 radical (unpaired) electrons. The van der Waals surface area contributed by atoms with Gasteiger partial charge in [-0.2, -0.15) is 4.72 Å². The number of nitrogens with zero attached hydrogens (tertiary/aromatic N) is 2. The zero-order valence-electron chi connectivity index (χ0n) is 15.2. The van der Waals surface area contributed by atoms with Crippen LogP contribution in [0.2, 0.25) is 0 Å². The molecule has 146 valence electrons. The number of thiophene rings is 1. The molecule has 3 aromatic rings. The van der Waals surface area contributed by atoms with Crippen molar-refractivity contribution in [2.75, 3.05) is 0 Å².